The number of carbonyl (C=O) groups excluding carboxylic acids is 3. The molecule has 3 rings (SSSR count). The lowest BCUT2D eigenvalue weighted by atomic mass is 10.3. The van der Waals surface area contributed by atoms with Gasteiger partial charge in [0, 0.05) is 17.0 Å². The van der Waals surface area contributed by atoms with Gasteiger partial charge >= 0.3 is 12.0 Å². The molecule has 0 aliphatic heterocycles. The molecule has 29 heavy (non-hydrogen) atoms. The summed E-state index contributed by atoms with van der Waals surface area (Å²) in [6.45, 7) is 3.63. The Kier molecular flexibility index (Phi) is 6.50. The van der Waals surface area contributed by atoms with E-state index in [9.17, 15) is 14.4 Å². The molecule has 3 aromatic rings. The Morgan fingerprint density at radius 3 is 2.79 bits per heavy atom. The number of nitrogens with zero attached hydrogens (tertiary/aromatic N) is 2. The third kappa shape index (κ3) is 4.93. The standard InChI is InChI=1S/C19H19ClN4O4S/c1-3-7-21-19(27)22-16(25)10-28-18(26)15-9-14-11(2)23-24(17(14)29-15)13-6-4-5-12(20)8-13/h4-6,8-9H,3,7,10H2,1-2H3,(H2,21,22,25,27). The highest BCUT2D eigenvalue weighted by Crippen LogP contribution is 2.31. The van der Waals surface area contributed by atoms with Crippen molar-refractivity contribution in [1.82, 2.24) is 20.4 Å². The van der Waals surface area contributed by atoms with Gasteiger partial charge in [0.25, 0.3) is 5.91 Å². The number of aryl methyl sites for hydroxylation is 1. The third-order valence-electron chi connectivity index (χ3n) is 3.92. The maximum absolute atomic E-state index is 12.3. The molecule has 8 nitrogen and oxygen atoms in total. The Bertz CT molecular complexity index is 1080. The van der Waals surface area contributed by atoms with E-state index in [1.807, 2.05) is 26.0 Å². The van der Waals surface area contributed by atoms with Gasteiger partial charge in [-0.2, -0.15) is 5.10 Å². The highest BCUT2D eigenvalue weighted by atomic mass is 35.5. The van der Waals surface area contributed by atoms with E-state index >= 15 is 0 Å². The van der Waals surface area contributed by atoms with Crippen molar-refractivity contribution < 1.29 is 19.1 Å². The van der Waals surface area contributed by atoms with Crippen molar-refractivity contribution in [3.63, 3.8) is 0 Å². The molecule has 152 valence electrons. The van der Waals surface area contributed by atoms with Crippen LogP contribution < -0.4 is 10.6 Å². The molecule has 0 atom stereocenters. The number of fused-ring (bicyclic) bond motifs is 1. The summed E-state index contributed by atoms with van der Waals surface area (Å²) in [5.41, 5.74) is 1.52. The minimum Gasteiger partial charge on any atom is -0.451 e. The molecule has 10 heteroatoms. The van der Waals surface area contributed by atoms with Gasteiger partial charge in [-0.25, -0.2) is 14.3 Å². The first-order valence-corrected chi connectivity index (χ1v) is 10.1. The van der Waals surface area contributed by atoms with Crippen molar-refractivity contribution in [2.75, 3.05) is 13.2 Å². The lowest BCUT2D eigenvalue weighted by Crippen LogP contribution is -2.41. The number of nitrogens with one attached hydrogen (secondary N) is 2. The van der Waals surface area contributed by atoms with Crippen LogP contribution in [0.5, 0.6) is 0 Å². The van der Waals surface area contributed by atoms with Gasteiger partial charge in [0.05, 0.1) is 11.4 Å². The number of carbonyl (C=O) groups is 3. The van der Waals surface area contributed by atoms with Crippen molar-refractivity contribution in [1.29, 1.82) is 0 Å². The normalized spacial score (nSPS) is 10.7. The molecule has 0 bridgehead atoms. The molecule has 0 spiro atoms. The quantitative estimate of drug-likeness (QED) is 0.578. The van der Waals surface area contributed by atoms with Crippen LogP contribution in [0.1, 0.15) is 28.7 Å². The third-order valence-corrected chi connectivity index (χ3v) is 5.25. The summed E-state index contributed by atoms with van der Waals surface area (Å²) in [5.74, 6) is -1.35. The Labute approximate surface area is 175 Å². The smallest absolute Gasteiger partial charge is 0.348 e. The van der Waals surface area contributed by atoms with Crippen LogP contribution in [0.2, 0.25) is 5.02 Å². The maximum atomic E-state index is 12.3. The number of amides is 3. The number of rotatable bonds is 6. The monoisotopic (exact) mass is 434 g/mol. The zero-order valence-corrected chi connectivity index (χ0v) is 17.4. The Hall–Kier alpha value is -2.91. The van der Waals surface area contributed by atoms with E-state index in [1.165, 1.54) is 11.3 Å². The van der Waals surface area contributed by atoms with Crippen molar-refractivity contribution in [2.24, 2.45) is 0 Å². The van der Waals surface area contributed by atoms with Crippen LogP contribution >= 0.6 is 22.9 Å². The molecule has 0 saturated carbocycles. The second-order valence-electron chi connectivity index (χ2n) is 6.19. The first-order valence-electron chi connectivity index (χ1n) is 8.89. The maximum Gasteiger partial charge on any atom is 0.348 e. The van der Waals surface area contributed by atoms with Gasteiger partial charge in [-0.15, -0.1) is 11.3 Å². The van der Waals surface area contributed by atoms with Crippen LogP contribution in [0, 0.1) is 6.92 Å². The number of urea groups is 1. The molecule has 3 amide bonds. The zero-order valence-electron chi connectivity index (χ0n) is 15.8. The van der Waals surface area contributed by atoms with E-state index in [2.05, 4.69) is 15.7 Å². The lowest BCUT2D eigenvalue weighted by molar-refractivity contribution is -0.123. The minimum absolute atomic E-state index is 0.333. The molecule has 0 radical (unpaired) electrons. The summed E-state index contributed by atoms with van der Waals surface area (Å²) in [7, 11) is 0. The van der Waals surface area contributed by atoms with Crippen molar-refractivity contribution in [3.05, 3.63) is 45.9 Å². The van der Waals surface area contributed by atoms with Gasteiger partial charge < -0.3 is 10.1 Å². The number of benzene rings is 1. The molecule has 0 fully saturated rings. The zero-order chi connectivity index (χ0) is 21.0. The predicted molar refractivity (Wildman–Crippen MR) is 111 cm³/mol. The first kappa shape index (κ1) is 20.8. The van der Waals surface area contributed by atoms with E-state index in [4.69, 9.17) is 16.3 Å². The van der Waals surface area contributed by atoms with Gasteiger partial charge in [0.15, 0.2) is 6.61 Å². The van der Waals surface area contributed by atoms with Crippen LogP contribution in [0.4, 0.5) is 4.79 Å². The summed E-state index contributed by atoms with van der Waals surface area (Å²) in [5, 5.41) is 10.5. The van der Waals surface area contributed by atoms with Crippen molar-refractivity contribution >= 4 is 51.1 Å². The lowest BCUT2D eigenvalue weighted by Gasteiger charge is -2.06. The number of thiophene rings is 1. The largest absolute Gasteiger partial charge is 0.451 e. The highest BCUT2D eigenvalue weighted by molar-refractivity contribution is 7.20. The first-order chi connectivity index (χ1) is 13.9. The number of halogens is 1. The molecule has 0 aliphatic carbocycles. The van der Waals surface area contributed by atoms with Gasteiger partial charge in [-0.1, -0.05) is 24.6 Å². The van der Waals surface area contributed by atoms with Crippen LogP contribution in [-0.2, 0) is 9.53 Å². The van der Waals surface area contributed by atoms with E-state index < -0.39 is 24.5 Å². The van der Waals surface area contributed by atoms with Crippen molar-refractivity contribution in [2.45, 2.75) is 20.3 Å². The van der Waals surface area contributed by atoms with Crippen LogP contribution in [-0.4, -0.2) is 40.8 Å². The fourth-order valence-electron chi connectivity index (χ4n) is 2.58. The average Bonchev–Trinajstić information content (AvgIpc) is 3.25. The second kappa shape index (κ2) is 9.06. The minimum atomic E-state index is -0.700. The van der Waals surface area contributed by atoms with E-state index in [-0.39, 0.29) is 0 Å². The van der Waals surface area contributed by atoms with Gasteiger partial charge in [-0.3, -0.25) is 10.1 Å². The number of aromatic nitrogens is 2. The van der Waals surface area contributed by atoms with E-state index in [1.54, 1.807) is 22.9 Å². The molecular weight excluding hydrogens is 416 g/mol. The molecule has 0 aliphatic rings. The summed E-state index contributed by atoms with van der Waals surface area (Å²) in [6, 6.07) is 8.29. The fourth-order valence-corrected chi connectivity index (χ4v) is 3.84. The molecule has 2 N–H and O–H groups in total. The van der Waals surface area contributed by atoms with Crippen LogP contribution in [0.3, 0.4) is 0 Å². The molecule has 0 saturated heterocycles. The summed E-state index contributed by atoms with van der Waals surface area (Å²) < 4.78 is 6.74. The SMILES string of the molecule is CCCNC(=O)NC(=O)COC(=O)c1cc2c(C)nn(-c3cccc(Cl)c3)c2s1. The number of hydrogen-bond donors (Lipinski definition) is 2. The molecule has 0 unspecified atom stereocenters. The molecule has 1 aromatic carbocycles. The predicted octanol–water partition coefficient (Wildman–Crippen LogP) is 3.44. The van der Waals surface area contributed by atoms with Crippen LogP contribution in [0.25, 0.3) is 15.9 Å². The number of hydrogen-bond acceptors (Lipinski definition) is 6. The van der Waals surface area contributed by atoms with E-state index in [0.717, 1.165) is 28.0 Å². The van der Waals surface area contributed by atoms with Crippen LogP contribution in [0.15, 0.2) is 30.3 Å². The molecular formula is C19H19ClN4O4S. The number of ether oxygens (including phenoxy) is 1. The van der Waals surface area contributed by atoms with Gasteiger partial charge in [0.1, 0.15) is 9.71 Å². The second-order valence-corrected chi connectivity index (χ2v) is 7.65. The average molecular weight is 435 g/mol. The van der Waals surface area contributed by atoms with E-state index in [0.29, 0.717) is 16.4 Å². The highest BCUT2D eigenvalue weighted by Gasteiger charge is 2.19. The Morgan fingerprint density at radius 2 is 2.07 bits per heavy atom. The Morgan fingerprint density at radius 1 is 1.28 bits per heavy atom. The van der Waals surface area contributed by atoms with Gasteiger partial charge in [0.2, 0.25) is 0 Å². The molecule has 2 aromatic heterocycles. The fraction of sp³-hybridized carbons (Fsp3) is 0.263. The molecule has 2 heterocycles. The van der Waals surface area contributed by atoms with Gasteiger partial charge in [-0.05, 0) is 37.6 Å². The summed E-state index contributed by atoms with van der Waals surface area (Å²) >= 11 is 7.27. The van der Waals surface area contributed by atoms with Crippen molar-refractivity contribution in [3.8, 4) is 5.69 Å². The Balaban J connectivity index is 1.70. The summed E-state index contributed by atoms with van der Waals surface area (Å²) in [6.07, 6.45) is 0.745. The number of imide groups is 1. The topological polar surface area (TPSA) is 102 Å². The number of esters is 1. The summed E-state index contributed by atoms with van der Waals surface area (Å²) in [4.78, 5) is 36.6.